The summed E-state index contributed by atoms with van der Waals surface area (Å²) in [7, 11) is 0. The zero-order valence-electron chi connectivity index (χ0n) is 17.2. The fraction of sp³-hybridized carbons (Fsp3) is 0.333. The van der Waals surface area contributed by atoms with Gasteiger partial charge in [0.05, 0.1) is 29.5 Å². The lowest BCUT2D eigenvalue weighted by molar-refractivity contribution is 0.0893. The smallest absolute Gasteiger partial charge is 0.255 e. The maximum Gasteiger partial charge on any atom is 0.255 e. The average molecular weight is 427 g/mol. The van der Waals surface area contributed by atoms with E-state index in [4.69, 9.17) is 0 Å². The number of hydrogen-bond donors (Lipinski definition) is 3. The van der Waals surface area contributed by atoms with Crippen molar-refractivity contribution in [3.8, 4) is 0 Å². The van der Waals surface area contributed by atoms with Crippen LogP contribution in [0.25, 0.3) is 11.1 Å². The van der Waals surface area contributed by atoms with Crippen molar-refractivity contribution in [2.24, 2.45) is 0 Å². The molecule has 3 N–H and O–H groups in total. The number of rotatable bonds is 6. The summed E-state index contributed by atoms with van der Waals surface area (Å²) < 4.78 is 26.5. The van der Waals surface area contributed by atoms with Gasteiger partial charge >= 0.3 is 0 Å². The van der Waals surface area contributed by atoms with Gasteiger partial charge in [-0.2, -0.15) is 5.10 Å². The number of hydrogen-bond acceptors (Lipinski definition) is 6. The molecular formula is C21H23F2N7O. The summed E-state index contributed by atoms with van der Waals surface area (Å²) in [6.07, 6.45) is 4.39. The molecule has 0 fully saturated rings. The SMILES string of the molecule is CCNc1ncc2c(n1)CN[C@H](C)C=C2c1ccn2ncc(C(=O)NCC(F)F)c2c1. The van der Waals surface area contributed by atoms with E-state index in [2.05, 4.69) is 37.1 Å². The van der Waals surface area contributed by atoms with Gasteiger partial charge in [-0.15, -0.1) is 0 Å². The first-order valence-electron chi connectivity index (χ1n) is 10.1. The quantitative estimate of drug-likeness (QED) is 0.559. The molecule has 0 unspecified atom stereocenters. The molecule has 0 spiro atoms. The highest BCUT2D eigenvalue weighted by molar-refractivity contribution is 6.01. The lowest BCUT2D eigenvalue weighted by atomic mass is 9.97. The Hall–Kier alpha value is -3.40. The van der Waals surface area contributed by atoms with Crippen LogP contribution in [0, 0.1) is 0 Å². The van der Waals surface area contributed by atoms with Crippen LogP contribution in [0.5, 0.6) is 0 Å². The fourth-order valence-electron chi connectivity index (χ4n) is 3.52. The monoisotopic (exact) mass is 427 g/mol. The van der Waals surface area contributed by atoms with Gasteiger partial charge in [0, 0.05) is 37.1 Å². The minimum Gasteiger partial charge on any atom is -0.354 e. The Balaban J connectivity index is 1.75. The number of nitrogens with one attached hydrogen (secondary N) is 3. The molecule has 1 aliphatic heterocycles. The number of pyridine rings is 1. The molecule has 0 aliphatic carbocycles. The lowest BCUT2D eigenvalue weighted by Gasteiger charge is -2.12. The van der Waals surface area contributed by atoms with Gasteiger partial charge in [-0.3, -0.25) is 4.79 Å². The number of fused-ring (bicyclic) bond motifs is 2. The van der Waals surface area contributed by atoms with E-state index in [9.17, 15) is 13.6 Å². The zero-order chi connectivity index (χ0) is 22.0. The number of anilines is 1. The first-order valence-corrected chi connectivity index (χ1v) is 10.1. The Bertz CT molecular complexity index is 1140. The van der Waals surface area contributed by atoms with E-state index in [1.807, 2.05) is 26.0 Å². The fourth-order valence-corrected chi connectivity index (χ4v) is 3.52. The van der Waals surface area contributed by atoms with E-state index >= 15 is 0 Å². The second kappa shape index (κ2) is 8.76. The number of carbonyl (C=O) groups is 1. The number of nitrogens with zero attached hydrogens (tertiary/aromatic N) is 4. The molecule has 4 rings (SSSR count). The number of aromatic nitrogens is 4. The predicted molar refractivity (Wildman–Crippen MR) is 113 cm³/mol. The van der Waals surface area contributed by atoms with Crippen LogP contribution in [0.3, 0.4) is 0 Å². The molecule has 1 amide bonds. The molecule has 31 heavy (non-hydrogen) atoms. The van der Waals surface area contributed by atoms with Crippen LogP contribution in [0.1, 0.15) is 41.0 Å². The van der Waals surface area contributed by atoms with Crippen molar-refractivity contribution < 1.29 is 13.6 Å². The van der Waals surface area contributed by atoms with Crippen LogP contribution in [-0.2, 0) is 6.54 Å². The summed E-state index contributed by atoms with van der Waals surface area (Å²) in [5.74, 6) is -0.0162. The van der Waals surface area contributed by atoms with Gasteiger partial charge in [0.25, 0.3) is 12.3 Å². The van der Waals surface area contributed by atoms with Crippen LogP contribution in [0.15, 0.2) is 36.8 Å². The minimum atomic E-state index is -2.62. The summed E-state index contributed by atoms with van der Waals surface area (Å²) in [6.45, 7) is 4.64. The molecule has 3 aromatic rings. The van der Waals surface area contributed by atoms with Crippen LogP contribution in [-0.4, -0.2) is 51.0 Å². The molecule has 3 aromatic heterocycles. The van der Waals surface area contributed by atoms with Crippen molar-refractivity contribution >= 4 is 22.9 Å². The summed E-state index contributed by atoms with van der Waals surface area (Å²) >= 11 is 0. The second-order valence-corrected chi connectivity index (χ2v) is 7.24. The highest BCUT2D eigenvalue weighted by atomic mass is 19.3. The lowest BCUT2D eigenvalue weighted by Crippen LogP contribution is -2.28. The molecule has 1 atom stereocenters. The number of halogens is 2. The molecule has 0 aromatic carbocycles. The van der Waals surface area contributed by atoms with Crippen LogP contribution < -0.4 is 16.0 Å². The van der Waals surface area contributed by atoms with Gasteiger partial charge in [0.1, 0.15) is 0 Å². The van der Waals surface area contributed by atoms with E-state index < -0.39 is 18.9 Å². The third-order valence-corrected chi connectivity index (χ3v) is 4.99. The Labute approximate surface area is 177 Å². The van der Waals surface area contributed by atoms with Crippen molar-refractivity contribution in [2.45, 2.75) is 32.9 Å². The minimum absolute atomic E-state index is 0.0849. The van der Waals surface area contributed by atoms with Crippen LogP contribution in [0.2, 0.25) is 0 Å². The Morgan fingerprint density at radius 1 is 1.39 bits per heavy atom. The maximum atomic E-state index is 12.5. The average Bonchev–Trinajstić information content (AvgIpc) is 3.10. The summed E-state index contributed by atoms with van der Waals surface area (Å²) in [5, 5.41) is 12.9. The Kier molecular flexibility index (Phi) is 5.90. The van der Waals surface area contributed by atoms with Crippen molar-refractivity contribution in [1.29, 1.82) is 0 Å². The van der Waals surface area contributed by atoms with Gasteiger partial charge in [0.15, 0.2) is 0 Å². The molecule has 8 nitrogen and oxygen atoms in total. The largest absolute Gasteiger partial charge is 0.354 e. The molecule has 0 bridgehead atoms. The molecule has 1 aliphatic rings. The summed E-state index contributed by atoms with van der Waals surface area (Å²) in [5.41, 5.74) is 4.31. The molecule has 10 heteroatoms. The van der Waals surface area contributed by atoms with Gasteiger partial charge in [-0.05, 0) is 37.1 Å². The van der Waals surface area contributed by atoms with E-state index in [1.54, 1.807) is 16.9 Å². The van der Waals surface area contributed by atoms with E-state index in [0.29, 0.717) is 18.0 Å². The Morgan fingerprint density at radius 3 is 3.00 bits per heavy atom. The zero-order valence-corrected chi connectivity index (χ0v) is 17.2. The van der Waals surface area contributed by atoms with E-state index in [1.165, 1.54) is 6.20 Å². The second-order valence-electron chi connectivity index (χ2n) is 7.24. The van der Waals surface area contributed by atoms with Gasteiger partial charge < -0.3 is 16.0 Å². The number of alkyl halides is 2. The molecule has 0 saturated heterocycles. The summed E-state index contributed by atoms with van der Waals surface area (Å²) in [4.78, 5) is 21.4. The summed E-state index contributed by atoms with van der Waals surface area (Å²) in [6, 6.07) is 3.81. The topological polar surface area (TPSA) is 96.2 Å². The van der Waals surface area contributed by atoms with E-state index in [0.717, 1.165) is 28.9 Å². The number of carbonyl (C=O) groups excluding carboxylic acids is 1. The standard InChI is InChI=1S/C21H23F2N7O/c1-3-24-21-27-8-15-14(6-12(2)25-10-17(15)29-21)13-4-5-30-18(7-13)16(9-28-30)20(31)26-11-19(22)23/h4-9,12,19,25H,3,10-11H2,1-2H3,(H,26,31)(H,24,27,29)/t12-/m1/s1. The molecule has 0 saturated carbocycles. The third kappa shape index (κ3) is 4.38. The van der Waals surface area contributed by atoms with Crippen LogP contribution >= 0.6 is 0 Å². The molecule has 4 heterocycles. The van der Waals surface area contributed by atoms with Crippen LogP contribution in [0.4, 0.5) is 14.7 Å². The first-order chi connectivity index (χ1) is 15.0. The third-order valence-electron chi connectivity index (χ3n) is 4.99. The highest BCUT2D eigenvalue weighted by Gasteiger charge is 2.20. The Morgan fingerprint density at radius 2 is 2.23 bits per heavy atom. The molecular weight excluding hydrogens is 404 g/mol. The molecule has 162 valence electrons. The van der Waals surface area contributed by atoms with E-state index in [-0.39, 0.29) is 11.6 Å². The van der Waals surface area contributed by atoms with Crippen molar-refractivity contribution in [1.82, 2.24) is 30.2 Å². The highest BCUT2D eigenvalue weighted by Crippen LogP contribution is 2.29. The maximum absolute atomic E-state index is 12.5. The number of amides is 1. The van der Waals surface area contributed by atoms with Crippen molar-refractivity contribution in [3.05, 3.63) is 59.2 Å². The van der Waals surface area contributed by atoms with Crippen molar-refractivity contribution in [2.75, 3.05) is 18.4 Å². The van der Waals surface area contributed by atoms with Gasteiger partial charge in [-0.1, -0.05) is 6.08 Å². The normalized spacial score (nSPS) is 16.0. The van der Waals surface area contributed by atoms with Gasteiger partial charge in [-0.25, -0.2) is 23.3 Å². The predicted octanol–water partition coefficient (Wildman–Crippen LogP) is 2.47. The van der Waals surface area contributed by atoms with Gasteiger partial charge in [0.2, 0.25) is 5.95 Å². The molecule has 0 radical (unpaired) electrons. The first kappa shape index (κ1) is 20.9. The van der Waals surface area contributed by atoms with Crippen molar-refractivity contribution in [3.63, 3.8) is 0 Å².